The number of piperidine rings is 1. The number of esters is 1. The maximum atomic E-state index is 12.2. The van der Waals surface area contributed by atoms with Gasteiger partial charge in [0.2, 0.25) is 0 Å². The summed E-state index contributed by atoms with van der Waals surface area (Å²) in [6.45, 7) is 2.13. The SMILES string of the molecule is CCC[C@@H](NS(=O)(=O)N1CCC(C(=O)OC)CC1)C(=O)O. The molecule has 1 aliphatic heterocycles. The second kappa shape index (κ2) is 7.71. The Balaban J connectivity index is 2.64. The van der Waals surface area contributed by atoms with Crippen LogP contribution in [0, 0.1) is 5.92 Å². The fourth-order valence-electron chi connectivity index (χ4n) is 2.27. The zero-order chi connectivity index (χ0) is 16.0. The molecule has 1 fully saturated rings. The minimum absolute atomic E-state index is 0.174. The third-order valence-electron chi connectivity index (χ3n) is 3.49. The van der Waals surface area contributed by atoms with E-state index >= 15 is 0 Å². The highest BCUT2D eigenvalue weighted by molar-refractivity contribution is 7.87. The second-order valence-corrected chi connectivity index (χ2v) is 6.70. The first kappa shape index (κ1) is 17.9. The Morgan fingerprint density at radius 1 is 1.38 bits per heavy atom. The quantitative estimate of drug-likeness (QED) is 0.636. The number of carboxylic acids is 1. The average molecular weight is 322 g/mol. The van der Waals surface area contributed by atoms with Crippen molar-refractivity contribution in [3.8, 4) is 0 Å². The third-order valence-corrected chi connectivity index (χ3v) is 5.12. The fourth-order valence-corrected chi connectivity index (χ4v) is 3.69. The van der Waals surface area contributed by atoms with Gasteiger partial charge in [-0.3, -0.25) is 9.59 Å². The fraction of sp³-hybridized carbons (Fsp3) is 0.833. The molecular formula is C12H22N2O6S. The molecule has 1 rings (SSSR count). The number of aliphatic carboxylic acids is 1. The molecule has 0 bridgehead atoms. The largest absolute Gasteiger partial charge is 0.480 e. The van der Waals surface area contributed by atoms with Crippen LogP contribution in [0.3, 0.4) is 0 Å². The molecule has 0 aromatic rings. The van der Waals surface area contributed by atoms with Crippen molar-refractivity contribution < 1.29 is 27.9 Å². The summed E-state index contributed by atoms with van der Waals surface area (Å²) >= 11 is 0. The Morgan fingerprint density at radius 2 is 1.95 bits per heavy atom. The summed E-state index contributed by atoms with van der Waals surface area (Å²) in [5, 5.41) is 9.01. The van der Waals surface area contributed by atoms with E-state index in [1.54, 1.807) is 6.92 Å². The van der Waals surface area contributed by atoms with Gasteiger partial charge < -0.3 is 9.84 Å². The normalized spacial score (nSPS) is 19.1. The van der Waals surface area contributed by atoms with E-state index in [1.807, 2.05) is 0 Å². The van der Waals surface area contributed by atoms with Gasteiger partial charge in [0.05, 0.1) is 13.0 Å². The first-order valence-electron chi connectivity index (χ1n) is 6.89. The van der Waals surface area contributed by atoms with Gasteiger partial charge in [-0.1, -0.05) is 13.3 Å². The first-order chi connectivity index (χ1) is 9.81. The van der Waals surface area contributed by atoms with Gasteiger partial charge in [-0.05, 0) is 19.3 Å². The number of methoxy groups -OCH3 is 1. The lowest BCUT2D eigenvalue weighted by molar-refractivity contribution is -0.146. The van der Waals surface area contributed by atoms with Crippen LogP contribution in [-0.2, 0) is 24.5 Å². The molecule has 9 heteroatoms. The Labute approximate surface area is 124 Å². The number of ether oxygens (including phenoxy) is 1. The molecule has 1 heterocycles. The second-order valence-electron chi connectivity index (χ2n) is 5.00. The first-order valence-corrected chi connectivity index (χ1v) is 8.33. The van der Waals surface area contributed by atoms with E-state index in [4.69, 9.17) is 5.11 Å². The zero-order valence-electron chi connectivity index (χ0n) is 12.2. The molecule has 0 amide bonds. The van der Waals surface area contributed by atoms with Gasteiger partial charge in [0.15, 0.2) is 0 Å². The van der Waals surface area contributed by atoms with Crippen molar-refractivity contribution in [3.63, 3.8) is 0 Å². The van der Waals surface area contributed by atoms with E-state index in [2.05, 4.69) is 9.46 Å². The van der Waals surface area contributed by atoms with Crippen LogP contribution < -0.4 is 4.72 Å². The molecule has 1 atom stereocenters. The Kier molecular flexibility index (Phi) is 6.56. The lowest BCUT2D eigenvalue weighted by atomic mass is 9.99. The van der Waals surface area contributed by atoms with E-state index in [0.29, 0.717) is 19.3 Å². The van der Waals surface area contributed by atoms with Gasteiger partial charge >= 0.3 is 11.9 Å². The molecule has 0 aliphatic carbocycles. The summed E-state index contributed by atoms with van der Waals surface area (Å²) in [5.41, 5.74) is 0. The van der Waals surface area contributed by atoms with Crippen molar-refractivity contribution >= 4 is 22.1 Å². The molecule has 8 nitrogen and oxygen atoms in total. The topological polar surface area (TPSA) is 113 Å². The lowest BCUT2D eigenvalue weighted by Gasteiger charge is -2.30. The van der Waals surface area contributed by atoms with Crippen LogP contribution in [0.5, 0.6) is 0 Å². The molecule has 0 unspecified atom stereocenters. The molecular weight excluding hydrogens is 300 g/mol. The Morgan fingerprint density at radius 3 is 2.38 bits per heavy atom. The van der Waals surface area contributed by atoms with Crippen molar-refractivity contribution in [3.05, 3.63) is 0 Å². The molecule has 2 N–H and O–H groups in total. The van der Waals surface area contributed by atoms with Crippen molar-refractivity contribution in [2.75, 3.05) is 20.2 Å². The minimum Gasteiger partial charge on any atom is -0.480 e. The maximum absolute atomic E-state index is 12.2. The van der Waals surface area contributed by atoms with E-state index in [-0.39, 0.29) is 31.4 Å². The zero-order valence-corrected chi connectivity index (χ0v) is 13.1. The van der Waals surface area contributed by atoms with Crippen LogP contribution in [0.1, 0.15) is 32.6 Å². The van der Waals surface area contributed by atoms with E-state index in [1.165, 1.54) is 11.4 Å². The predicted octanol–water partition coefficient (Wildman–Crippen LogP) is -0.0409. The van der Waals surface area contributed by atoms with Crippen molar-refractivity contribution in [1.82, 2.24) is 9.03 Å². The van der Waals surface area contributed by atoms with Crippen molar-refractivity contribution in [2.24, 2.45) is 5.92 Å². The summed E-state index contributed by atoms with van der Waals surface area (Å²) in [6, 6.07) is -1.13. The molecule has 1 aliphatic rings. The number of rotatable bonds is 7. The van der Waals surface area contributed by atoms with Gasteiger partial charge in [0.25, 0.3) is 10.2 Å². The van der Waals surface area contributed by atoms with Gasteiger partial charge in [0, 0.05) is 13.1 Å². The van der Waals surface area contributed by atoms with Crippen LogP contribution in [-0.4, -0.2) is 56.0 Å². The summed E-state index contributed by atoms with van der Waals surface area (Å²) < 4.78 is 32.3. The Hall–Kier alpha value is -1.19. The highest BCUT2D eigenvalue weighted by Crippen LogP contribution is 2.20. The summed E-state index contributed by atoms with van der Waals surface area (Å²) in [5.74, 6) is -1.83. The number of carboxylic acid groups (broad SMARTS) is 1. The van der Waals surface area contributed by atoms with Crippen molar-refractivity contribution in [1.29, 1.82) is 0 Å². The highest BCUT2D eigenvalue weighted by Gasteiger charge is 2.33. The van der Waals surface area contributed by atoms with Crippen LogP contribution in [0.2, 0.25) is 0 Å². The highest BCUT2D eigenvalue weighted by atomic mass is 32.2. The molecule has 0 radical (unpaired) electrons. The number of carbonyl (C=O) groups is 2. The number of hydrogen-bond donors (Lipinski definition) is 2. The summed E-state index contributed by atoms with van der Waals surface area (Å²) in [6.07, 6.45) is 1.54. The standard InChI is InChI=1S/C12H22N2O6S/c1-3-4-10(11(15)16)13-21(18,19)14-7-5-9(6-8-14)12(17)20-2/h9-10,13H,3-8H2,1-2H3,(H,15,16)/t10-/m1/s1. The summed E-state index contributed by atoms with van der Waals surface area (Å²) in [4.78, 5) is 22.4. The monoisotopic (exact) mass is 322 g/mol. The van der Waals surface area contributed by atoms with Gasteiger partial charge in [-0.2, -0.15) is 17.4 Å². The molecule has 1 saturated heterocycles. The average Bonchev–Trinajstić information content (AvgIpc) is 2.45. The van der Waals surface area contributed by atoms with Crippen LogP contribution in [0.15, 0.2) is 0 Å². The van der Waals surface area contributed by atoms with Gasteiger partial charge in [-0.15, -0.1) is 0 Å². The molecule has 0 saturated carbocycles. The number of carbonyl (C=O) groups excluding carboxylic acids is 1. The number of hydrogen-bond acceptors (Lipinski definition) is 5. The van der Waals surface area contributed by atoms with Gasteiger partial charge in [-0.25, -0.2) is 0 Å². The van der Waals surface area contributed by atoms with E-state index in [0.717, 1.165) is 0 Å². The maximum Gasteiger partial charge on any atom is 0.321 e. The van der Waals surface area contributed by atoms with Crippen LogP contribution in [0.25, 0.3) is 0 Å². The molecule has 0 aromatic carbocycles. The molecule has 0 spiro atoms. The van der Waals surface area contributed by atoms with Crippen LogP contribution >= 0.6 is 0 Å². The number of nitrogens with zero attached hydrogens (tertiary/aromatic N) is 1. The predicted molar refractivity (Wildman–Crippen MR) is 74.7 cm³/mol. The lowest BCUT2D eigenvalue weighted by Crippen LogP contribution is -2.51. The molecule has 122 valence electrons. The smallest absolute Gasteiger partial charge is 0.321 e. The third kappa shape index (κ3) is 4.94. The molecule has 21 heavy (non-hydrogen) atoms. The molecule has 0 aromatic heterocycles. The van der Waals surface area contributed by atoms with Gasteiger partial charge in [0.1, 0.15) is 6.04 Å². The van der Waals surface area contributed by atoms with E-state index < -0.39 is 22.2 Å². The number of nitrogens with one attached hydrogen (secondary N) is 1. The summed E-state index contributed by atoms with van der Waals surface area (Å²) in [7, 11) is -2.55. The van der Waals surface area contributed by atoms with E-state index in [9.17, 15) is 18.0 Å². The Bertz CT molecular complexity index is 470. The van der Waals surface area contributed by atoms with Crippen molar-refractivity contribution in [2.45, 2.75) is 38.6 Å². The van der Waals surface area contributed by atoms with Crippen LogP contribution in [0.4, 0.5) is 0 Å². The minimum atomic E-state index is -3.86.